The standard InChI is InChI=1S/C13H20N4.2ClH/c1-9(2)10(3)14-11(4)13-16-15-12-7-5-6-8-17(12)13;;/h5-11,14H,1-4H3;2*1H. The van der Waals surface area contributed by atoms with Gasteiger partial charge in [0.1, 0.15) is 0 Å². The predicted molar refractivity (Wildman–Crippen MR) is 83.3 cm³/mol. The van der Waals surface area contributed by atoms with E-state index in [1.807, 2.05) is 28.8 Å². The van der Waals surface area contributed by atoms with Crippen LogP contribution in [0.3, 0.4) is 0 Å². The molecule has 4 nitrogen and oxygen atoms in total. The largest absolute Gasteiger partial charge is 0.305 e. The van der Waals surface area contributed by atoms with Gasteiger partial charge in [-0.25, -0.2) is 0 Å². The molecule has 0 aliphatic carbocycles. The third-order valence-electron chi connectivity index (χ3n) is 3.24. The van der Waals surface area contributed by atoms with E-state index in [9.17, 15) is 0 Å². The molecule has 19 heavy (non-hydrogen) atoms. The fraction of sp³-hybridized carbons (Fsp3) is 0.538. The summed E-state index contributed by atoms with van der Waals surface area (Å²) in [5.74, 6) is 1.57. The quantitative estimate of drug-likeness (QED) is 0.942. The number of rotatable bonds is 4. The maximum absolute atomic E-state index is 4.26. The summed E-state index contributed by atoms with van der Waals surface area (Å²) >= 11 is 0. The first kappa shape index (κ1) is 18.2. The molecule has 108 valence electrons. The van der Waals surface area contributed by atoms with E-state index < -0.39 is 0 Å². The average Bonchev–Trinajstić information content (AvgIpc) is 2.72. The van der Waals surface area contributed by atoms with E-state index in [1.165, 1.54) is 0 Å². The number of hydrogen-bond acceptors (Lipinski definition) is 3. The molecule has 0 saturated carbocycles. The summed E-state index contributed by atoms with van der Waals surface area (Å²) in [4.78, 5) is 0. The lowest BCUT2D eigenvalue weighted by atomic mass is 10.1. The minimum atomic E-state index is 0. The average molecular weight is 305 g/mol. The summed E-state index contributed by atoms with van der Waals surface area (Å²) in [7, 11) is 0. The topological polar surface area (TPSA) is 42.2 Å². The summed E-state index contributed by atoms with van der Waals surface area (Å²) in [5, 5.41) is 12.0. The van der Waals surface area contributed by atoms with Crippen molar-refractivity contribution in [1.82, 2.24) is 19.9 Å². The molecule has 0 bridgehead atoms. The molecule has 0 spiro atoms. The van der Waals surface area contributed by atoms with Crippen LogP contribution in [0.15, 0.2) is 24.4 Å². The van der Waals surface area contributed by atoms with Gasteiger partial charge in [0.25, 0.3) is 0 Å². The number of fused-ring (bicyclic) bond motifs is 1. The first-order chi connectivity index (χ1) is 8.09. The number of nitrogens with one attached hydrogen (secondary N) is 1. The SMILES string of the molecule is CC(NC(C)C(C)C)c1nnc2ccccn12.Cl.Cl. The van der Waals surface area contributed by atoms with Crippen molar-refractivity contribution < 1.29 is 0 Å². The Balaban J connectivity index is 0.00000162. The van der Waals surface area contributed by atoms with Gasteiger partial charge in [-0.3, -0.25) is 4.40 Å². The third kappa shape index (κ3) is 4.06. The van der Waals surface area contributed by atoms with Crippen LogP contribution < -0.4 is 5.32 Å². The van der Waals surface area contributed by atoms with Crippen molar-refractivity contribution in [2.24, 2.45) is 5.92 Å². The van der Waals surface area contributed by atoms with Gasteiger partial charge in [0, 0.05) is 12.2 Å². The Kier molecular flexibility index (Phi) is 7.34. The second-order valence-electron chi connectivity index (χ2n) is 4.91. The van der Waals surface area contributed by atoms with E-state index in [1.54, 1.807) is 0 Å². The Hall–Kier alpha value is -0.840. The maximum Gasteiger partial charge on any atom is 0.160 e. The van der Waals surface area contributed by atoms with Crippen molar-refractivity contribution in [1.29, 1.82) is 0 Å². The molecule has 0 aliphatic rings. The van der Waals surface area contributed by atoms with Crippen LogP contribution in [-0.2, 0) is 0 Å². The zero-order chi connectivity index (χ0) is 12.4. The second-order valence-corrected chi connectivity index (χ2v) is 4.91. The summed E-state index contributed by atoms with van der Waals surface area (Å²) in [5.41, 5.74) is 0.897. The van der Waals surface area contributed by atoms with Crippen LogP contribution in [-0.4, -0.2) is 20.6 Å². The molecule has 0 aliphatic heterocycles. The number of hydrogen-bond donors (Lipinski definition) is 1. The highest BCUT2D eigenvalue weighted by Gasteiger charge is 2.16. The molecule has 0 saturated heterocycles. The Morgan fingerprint density at radius 2 is 1.74 bits per heavy atom. The predicted octanol–water partition coefficient (Wildman–Crippen LogP) is 3.27. The minimum Gasteiger partial charge on any atom is -0.305 e. The highest BCUT2D eigenvalue weighted by Crippen LogP contribution is 2.14. The van der Waals surface area contributed by atoms with Crippen LogP contribution >= 0.6 is 24.8 Å². The van der Waals surface area contributed by atoms with Gasteiger partial charge in [-0.2, -0.15) is 0 Å². The lowest BCUT2D eigenvalue weighted by molar-refractivity contribution is 0.380. The number of pyridine rings is 1. The monoisotopic (exact) mass is 304 g/mol. The van der Waals surface area contributed by atoms with Crippen molar-refractivity contribution in [3.8, 4) is 0 Å². The molecule has 2 aromatic rings. The molecular weight excluding hydrogens is 283 g/mol. The molecule has 0 aromatic carbocycles. The molecule has 0 radical (unpaired) electrons. The van der Waals surface area contributed by atoms with E-state index >= 15 is 0 Å². The summed E-state index contributed by atoms with van der Waals surface area (Å²) in [6.07, 6.45) is 2.00. The summed E-state index contributed by atoms with van der Waals surface area (Å²) in [6.45, 7) is 8.76. The van der Waals surface area contributed by atoms with Crippen LogP contribution in [0.2, 0.25) is 0 Å². The Morgan fingerprint density at radius 3 is 2.37 bits per heavy atom. The summed E-state index contributed by atoms with van der Waals surface area (Å²) in [6, 6.07) is 6.60. The van der Waals surface area contributed by atoms with Crippen LogP contribution in [0.25, 0.3) is 5.65 Å². The zero-order valence-corrected chi connectivity index (χ0v) is 13.3. The van der Waals surface area contributed by atoms with Gasteiger partial charge in [0.05, 0.1) is 6.04 Å². The van der Waals surface area contributed by atoms with Gasteiger partial charge in [-0.05, 0) is 31.9 Å². The van der Waals surface area contributed by atoms with Gasteiger partial charge in [-0.1, -0.05) is 19.9 Å². The Labute approximate surface area is 126 Å². The van der Waals surface area contributed by atoms with Crippen LogP contribution in [0.1, 0.15) is 39.6 Å². The van der Waals surface area contributed by atoms with E-state index in [-0.39, 0.29) is 30.9 Å². The van der Waals surface area contributed by atoms with Gasteiger partial charge >= 0.3 is 0 Å². The van der Waals surface area contributed by atoms with E-state index in [4.69, 9.17) is 0 Å². The fourth-order valence-corrected chi connectivity index (χ4v) is 1.82. The number of halogens is 2. The minimum absolute atomic E-state index is 0. The Morgan fingerprint density at radius 1 is 1.05 bits per heavy atom. The van der Waals surface area contributed by atoms with E-state index in [2.05, 4.69) is 43.2 Å². The molecule has 0 amide bonds. The zero-order valence-electron chi connectivity index (χ0n) is 11.7. The maximum atomic E-state index is 4.26. The number of nitrogens with zero attached hydrogens (tertiary/aromatic N) is 3. The van der Waals surface area contributed by atoms with Crippen LogP contribution in [0.4, 0.5) is 0 Å². The summed E-state index contributed by atoms with van der Waals surface area (Å²) < 4.78 is 2.03. The molecule has 2 aromatic heterocycles. The first-order valence-corrected chi connectivity index (χ1v) is 6.15. The van der Waals surface area contributed by atoms with Gasteiger partial charge in [0.2, 0.25) is 0 Å². The molecule has 2 heterocycles. The van der Waals surface area contributed by atoms with E-state index in [0.29, 0.717) is 12.0 Å². The van der Waals surface area contributed by atoms with Gasteiger partial charge in [-0.15, -0.1) is 35.0 Å². The highest BCUT2D eigenvalue weighted by molar-refractivity contribution is 5.85. The Bertz CT molecular complexity index is 498. The lowest BCUT2D eigenvalue weighted by Crippen LogP contribution is -2.33. The van der Waals surface area contributed by atoms with Gasteiger partial charge < -0.3 is 5.32 Å². The second kappa shape index (κ2) is 7.68. The molecule has 2 unspecified atom stereocenters. The highest BCUT2D eigenvalue weighted by atomic mass is 35.5. The molecule has 2 rings (SSSR count). The molecule has 1 N–H and O–H groups in total. The number of aromatic nitrogens is 3. The first-order valence-electron chi connectivity index (χ1n) is 6.15. The van der Waals surface area contributed by atoms with Crippen LogP contribution in [0.5, 0.6) is 0 Å². The van der Waals surface area contributed by atoms with Crippen molar-refractivity contribution in [2.45, 2.75) is 39.8 Å². The van der Waals surface area contributed by atoms with Crippen molar-refractivity contribution in [3.05, 3.63) is 30.2 Å². The van der Waals surface area contributed by atoms with Crippen molar-refractivity contribution in [2.75, 3.05) is 0 Å². The molecule has 0 fully saturated rings. The van der Waals surface area contributed by atoms with Crippen molar-refractivity contribution >= 4 is 30.5 Å². The molecule has 2 atom stereocenters. The molecule has 6 heteroatoms. The molecular formula is C13H22Cl2N4. The smallest absolute Gasteiger partial charge is 0.160 e. The van der Waals surface area contributed by atoms with Crippen LogP contribution in [0, 0.1) is 5.92 Å². The normalized spacial score (nSPS) is 13.7. The lowest BCUT2D eigenvalue weighted by Gasteiger charge is -2.21. The fourth-order valence-electron chi connectivity index (χ4n) is 1.82. The van der Waals surface area contributed by atoms with Crippen molar-refractivity contribution in [3.63, 3.8) is 0 Å². The van der Waals surface area contributed by atoms with E-state index in [0.717, 1.165) is 11.5 Å². The third-order valence-corrected chi connectivity index (χ3v) is 3.24. The van der Waals surface area contributed by atoms with Gasteiger partial charge in [0.15, 0.2) is 11.5 Å².